The molecule has 0 aromatic carbocycles. The third-order valence-electron chi connectivity index (χ3n) is 3.34. The van der Waals surface area contributed by atoms with Gasteiger partial charge in [0, 0.05) is 36.6 Å². The van der Waals surface area contributed by atoms with Crippen LogP contribution in [-0.2, 0) is 23.1 Å². The number of rotatable bonds is 7. The Morgan fingerprint density at radius 1 is 1.30 bits per heavy atom. The molecule has 116 valence electrons. The normalized spacial score (nSPS) is 12.9. The number of nitrogens with zero attached hydrogens (tertiary/aromatic N) is 1. The van der Waals surface area contributed by atoms with Crippen molar-refractivity contribution in [2.75, 3.05) is 12.8 Å². The molecule has 2 N–H and O–H groups in total. The van der Waals surface area contributed by atoms with Crippen molar-refractivity contribution in [3.63, 3.8) is 0 Å². The van der Waals surface area contributed by atoms with Gasteiger partial charge in [-0.2, -0.15) is 0 Å². The fourth-order valence-electron chi connectivity index (χ4n) is 2.59. The number of hydrogen-bond donors (Lipinski definition) is 2. The Morgan fingerprint density at radius 2 is 1.90 bits per heavy atom. The smallest absolute Gasteiger partial charge is 0.209 e. The highest BCUT2D eigenvalue weighted by Crippen LogP contribution is 2.15. The van der Waals surface area contributed by atoms with Crippen molar-refractivity contribution in [1.82, 2.24) is 14.6 Å². The number of sulfonamides is 1. The van der Waals surface area contributed by atoms with Gasteiger partial charge in [-0.25, -0.2) is 13.1 Å². The molecule has 0 spiro atoms. The van der Waals surface area contributed by atoms with Gasteiger partial charge in [0.2, 0.25) is 10.0 Å². The van der Waals surface area contributed by atoms with Crippen molar-refractivity contribution in [1.29, 1.82) is 0 Å². The van der Waals surface area contributed by atoms with E-state index in [0.29, 0.717) is 6.54 Å². The molecule has 0 fully saturated rings. The highest BCUT2D eigenvalue weighted by Gasteiger charge is 2.21. The molecule has 0 atom stereocenters. The van der Waals surface area contributed by atoms with Gasteiger partial charge in [0.05, 0.1) is 6.26 Å². The van der Waals surface area contributed by atoms with E-state index >= 15 is 0 Å². The summed E-state index contributed by atoms with van der Waals surface area (Å²) >= 11 is 0. The fourth-order valence-corrected chi connectivity index (χ4v) is 3.66. The first-order valence-corrected chi connectivity index (χ1v) is 8.80. The van der Waals surface area contributed by atoms with E-state index in [4.69, 9.17) is 0 Å². The SMILES string of the molecule is CCn1c(C)cc(CNCC(C)(C)NS(C)(=O)=O)c1C. The van der Waals surface area contributed by atoms with Gasteiger partial charge in [0.1, 0.15) is 0 Å². The van der Waals surface area contributed by atoms with Crippen molar-refractivity contribution in [2.45, 2.75) is 53.2 Å². The van der Waals surface area contributed by atoms with Crippen LogP contribution in [0.5, 0.6) is 0 Å². The van der Waals surface area contributed by atoms with E-state index in [1.165, 1.54) is 23.2 Å². The molecule has 0 saturated carbocycles. The van der Waals surface area contributed by atoms with Gasteiger partial charge in [-0.05, 0) is 46.2 Å². The molecular weight excluding hydrogens is 274 g/mol. The summed E-state index contributed by atoms with van der Waals surface area (Å²) < 4.78 is 27.5. The minimum Gasteiger partial charge on any atom is -0.349 e. The predicted molar refractivity (Wildman–Crippen MR) is 83.3 cm³/mol. The molecule has 20 heavy (non-hydrogen) atoms. The van der Waals surface area contributed by atoms with E-state index in [-0.39, 0.29) is 0 Å². The summed E-state index contributed by atoms with van der Waals surface area (Å²) in [6.45, 7) is 12.4. The second-order valence-electron chi connectivity index (χ2n) is 6.00. The third-order valence-corrected chi connectivity index (χ3v) is 4.26. The molecule has 0 aliphatic heterocycles. The average Bonchev–Trinajstić information content (AvgIpc) is 2.50. The maximum absolute atomic E-state index is 11.3. The summed E-state index contributed by atoms with van der Waals surface area (Å²) in [6.07, 6.45) is 1.18. The lowest BCUT2D eigenvalue weighted by Gasteiger charge is -2.25. The van der Waals surface area contributed by atoms with Crippen LogP contribution in [0.4, 0.5) is 0 Å². The van der Waals surface area contributed by atoms with Crippen LogP contribution in [0.3, 0.4) is 0 Å². The summed E-state index contributed by atoms with van der Waals surface area (Å²) in [6, 6.07) is 2.18. The molecule has 0 saturated heterocycles. The Bertz CT molecular complexity index is 559. The second-order valence-corrected chi connectivity index (χ2v) is 7.75. The van der Waals surface area contributed by atoms with Gasteiger partial charge in [-0.3, -0.25) is 0 Å². The van der Waals surface area contributed by atoms with Gasteiger partial charge >= 0.3 is 0 Å². The molecule has 0 radical (unpaired) electrons. The van der Waals surface area contributed by atoms with Crippen molar-refractivity contribution in [3.05, 3.63) is 23.0 Å². The first-order chi connectivity index (χ1) is 9.06. The fraction of sp³-hybridized carbons (Fsp3) is 0.714. The van der Waals surface area contributed by atoms with E-state index in [1.54, 1.807) is 0 Å². The minimum absolute atomic E-state index is 0.496. The van der Waals surface area contributed by atoms with Crippen LogP contribution in [-0.4, -0.2) is 31.3 Å². The Hall–Kier alpha value is -0.850. The van der Waals surface area contributed by atoms with Crippen LogP contribution in [0, 0.1) is 13.8 Å². The number of aryl methyl sites for hydroxylation is 1. The largest absolute Gasteiger partial charge is 0.349 e. The second kappa shape index (κ2) is 6.28. The third kappa shape index (κ3) is 4.92. The highest BCUT2D eigenvalue weighted by atomic mass is 32.2. The molecule has 1 aromatic rings. The van der Waals surface area contributed by atoms with E-state index in [0.717, 1.165) is 13.1 Å². The van der Waals surface area contributed by atoms with E-state index < -0.39 is 15.6 Å². The van der Waals surface area contributed by atoms with E-state index in [9.17, 15) is 8.42 Å². The topological polar surface area (TPSA) is 63.1 Å². The summed E-state index contributed by atoms with van der Waals surface area (Å²) in [4.78, 5) is 0. The first-order valence-electron chi connectivity index (χ1n) is 6.91. The predicted octanol–water partition coefficient (Wildman–Crippen LogP) is 1.54. The molecule has 6 heteroatoms. The van der Waals surface area contributed by atoms with Gasteiger partial charge in [-0.1, -0.05) is 0 Å². The Balaban J connectivity index is 2.61. The molecule has 1 heterocycles. The molecule has 0 aliphatic carbocycles. The number of hydrogen-bond acceptors (Lipinski definition) is 3. The minimum atomic E-state index is -3.19. The van der Waals surface area contributed by atoms with E-state index in [1.807, 2.05) is 13.8 Å². The summed E-state index contributed by atoms with van der Waals surface area (Å²) in [5, 5.41) is 3.33. The van der Waals surface area contributed by atoms with Crippen molar-refractivity contribution in [3.8, 4) is 0 Å². The van der Waals surface area contributed by atoms with Gasteiger partial charge in [-0.15, -0.1) is 0 Å². The molecule has 0 aliphatic rings. The molecule has 0 unspecified atom stereocenters. The first kappa shape index (κ1) is 17.2. The Morgan fingerprint density at radius 3 is 2.35 bits per heavy atom. The maximum Gasteiger partial charge on any atom is 0.209 e. The molecule has 0 bridgehead atoms. The van der Waals surface area contributed by atoms with Gasteiger partial charge < -0.3 is 9.88 Å². The Labute approximate surface area is 122 Å². The lowest BCUT2D eigenvalue weighted by atomic mass is 10.1. The Kier molecular flexibility index (Phi) is 5.40. The number of aromatic nitrogens is 1. The summed E-state index contributed by atoms with van der Waals surface area (Å²) in [7, 11) is -3.19. The van der Waals surface area contributed by atoms with E-state index in [2.05, 4.69) is 41.4 Å². The van der Waals surface area contributed by atoms with Crippen molar-refractivity contribution in [2.24, 2.45) is 0 Å². The lowest BCUT2D eigenvalue weighted by Crippen LogP contribution is -2.49. The van der Waals surface area contributed by atoms with Crippen molar-refractivity contribution >= 4 is 10.0 Å². The van der Waals surface area contributed by atoms with Crippen LogP contribution in [0.25, 0.3) is 0 Å². The summed E-state index contributed by atoms with van der Waals surface area (Å²) in [5.41, 5.74) is 3.30. The molecule has 1 rings (SSSR count). The standard InChI is InChI=1S/C14H27N3O2S/c1-7-17-11(2)8-13(12(17)3)9-15-10-14(4,5)16-20(6,18)19/h8,15-16H,7,9-10H2,1-6H3. The number of nitrogens with one attached hydrogen (secondary N) is 2. The zero-order chi connectivity index (χ0) is 15.6. The van der Waals surface area contributed by atoms with Crippen molar-refractivity contribution < 1.29 is 8.42 Å². The van der Waals surface area contributed by atoms with Crippen LogP contribution in [0.2, 0.25) is 0 Å². The zero-order valence-electron chi connectivity index (χ0n) is 13.4. The summed E-state index contributed by atoms with van der Waals surface area (Å²) in [5.74, 6) is 0. The maximum atomic E-state index is 11.3. The highest BCUT2D eigenvalue weighted by molar-refractivity contribution is 7.88. The van der Waals surface area contributed by atoms with Crippen LogP contribution in [0.1, 0.15) is 37.7 Å². The molecule has 5 nitrogen and oxygen atoms in total. The monoisotopic (exact) mass is 301 g/mol. The van der Waals surface area contributed by atoms with Crippen LogP contribution in [0.15, 0.2) is 6.07 Å². The van der Waals surface area contributed by atoms with Gasteiger partial charge in [0.25, 0.3) is 0 Å². The van der Waals surface area contributed by atoms with Gasteiger partial charge in [0.15, 0.2) is 0 Å². The molecule has 0 amide bonds. The van der Waals surface area contributed by atoms with Crippen LogP contribution < -0.4 is 10.0 Å². The molecule has 1 aromatic heterocycles. The molecular formula is C14H27N3O2S. The quantitative estimate of drug-likeness (QED) is 0.803. The average molecular weight is 301 g/mol. The lowest BCUT2D eigenvalue weighted by molar-refractivity contribution is 0.420. The van der Waals surface area contributed by atoms with Crippen LogP contribution >= 0.6 is 0 Å². The zero-order valence-corrected chi connectivity index (χ0v) is 14.2.